The number of hydrogen-bond acceptors (Lipinski definition) is 2. The van der Waals surface area contributed by atoms with Crippen LogP contribution in [-0.2, 0) is 12.8 Å². The van der Waals surface area contributed by atoms with Gasteiger partial charge in [0, 0.05) is 17.3 Å². The third-order valence-corrected chi connectivity index (χ3v) is 6.52. The number of carbonyl (C=O) groups excluding carboxylic acids is 1. The minimum absolute atomic E-state index is 0.0438. The van der Waals surface area contributed by atoms with E-state index in [4.69, 9.17) is 0 Å². The van der Waals surface area contributed by atoms with Crippen LogP contribution in [0, 0.1) is 5.82 Å². The average Bonchev–Trinajstić information content (AvgIpc) is 2.79. The van der Waals surface area contributed by atoms with Crippen LogP contribution < -0.4 is 10.6 Å². The molecule has 4 heteroatoms. The van der Waals surface area contributed by atoms with Crippen LogP contribution in [0.25, 0.3) is 0 Å². The standard InChI is InChI=1S/C27H22FO2P/c28-24-11-12-25(23(17-24)18-29)31-26-16-21(13-19-7-3-1-4-8-19)15-22(27(26)30)14-20-9-5-2-6-10-20/h1-12,15-18,30-31H,13-14H2. The lowest BCUT2D eigenvalue weighted by atomic mass is 9.98. The molecular formula is C27H22FO2P. The van der Waals surface area contributed by atoms with E-state index in [0.717, 1.165) is 28.4 Å². The fourth-order valence-electron chi connectivity index (χ4n) is 3.63. The second-order valence-corrected chi connectivity index (χ2v) is 8.78. The van der Waals surface area contributed by atoms with Crippen molar-refractivity contribution < 1.29 is 14.3 Å². The largest absolute Gasteiger partial charge is 0.507 e. The van der Waals surface area contributed by atoms with Crippen molar-refractivity contribution in [1.82, 2.24) is 0 Å². The van der Waals surface area contributed by atoms with Gasteiger partial charge in [-0.05, 0) is 52.2 Å². The first kappa shape index (κ1) is 21.0. The molecule has 0 amide bonds. The number of phenolic OH excluding ortho intramolecular Hbond substituents is 1. The summed E-state index contributed by atoms with van der Waals surface area (Å²) in [6.45, 7) is 0. The lowest BCUT2D eigenvalue weighted by Gasteiger charge is -2.15. The first-order chi connectivity index (χ1) is 15.1. The van der Waals surface area contributed by atoms with Crippen LogP contribution in [-0.4, -0.2) is 11.4 Å². The molecule has 0 saturated heterocycles. The summed E-state index contributed by atoms with van der Waals surface area (Å²) in [5.74, 6) is -0.206. The Morgan fingerprint density at radius 1 is 0.742 bits per heavy atom. The molecule has 4 rings (SSSR count). The minimum Gasteiger partial charge on any atom is -0.507 e. The molecule has 0 heterocycles. The number of benzene rings is 4. The van der Waals surface area contributed by atoms with Crippen LogP contribution in [0.4, 0.5) is 4.39 Å². The third-order valence-electron chi connectivity index (χ3n) is 5.15. The van der Waals surface area contributed by atoms with Gasteiger partial charge in [0.1, 0.15) is 11.6 Å². The average molecular weight is 428 g/mol. The summed E-state index contributed by atoms with van der Waals surface area (Å²) < 4.78 is 13.6. The van der Waals surface area contributed by atoms with E-state index in [9.17, 15) is 14.3 Å². The summed E-state index contributed by atoms with van der Waals surface area (Å²) >= 11 is 0. The summed E-state index contributed by atoms with van der Waals surface area (Å²) in [7, 11) is 0.0438. The molecule has 1 N–H and O–H groups in total. The lowest BCUT2D eigenvalue weighted by molar-refractivity contribution is 0.112. The van der Waals surface area contributed by atoms with Crippen LogP contribution in [0.15, 0.2) is 91.0 Å². The van der Waals surface area contributed by atoms with Crippen molar-refractivity contribution in [3.63, 3.8) is 0 Å². The molecule has 31 heavy (non-hydrogen) atoms. The van der Waals surface area contributed by atoms with E-state index >= 15 is 0 Å². The molecule has 154 valence electrons. The number of aromatic hydroxyl groups is 1. The van der Waals surface area contributed by atoms with Crippen molar-refractivity contribution in [2.75, 3.05) is 0 Å². The van der Waals surface area contributed by atoms with Gasteiger partial charge in [0.15, 0.2) is 6.29 Å². The van der Waals surface area contributed by atoms with E-state index in [1.54, 1.807) is 6.07 Å². The van der Waals surface area contributed by atoms with Crippen LogP contribution in [0.5, 0.6) is 5.75 Å². The summed E-state index contributed by atoms with van der Waals surface area (Å²) in [6.07, 6.45) is 2.02. The van der Waals surface area contributed by atoms with Crippen LogP contribution in [0.2, 0.25) is 0 Å². The Balaban J connectivity index is 1.74. The van der Waals surface area contributed by atoms with E-state index in [0.29, 0.717) is 23.6 Å². The lowest BCUT2D eigenvalue weighted by Crippen LogP contribution is -2.12. The maximum absolute atomic E-state index is 13.6. The minimum atomic E-state index is -0.442. The van der Waals surface area contributed by atoms with Crippen molar-refractivity contribution in [3.8, 4) is 5.75 Å². The van der Waals surface area contributed by atoms with Gasteiger partial charge in [0.25, 0.3) is 0 Å². The molecule has 4 aromatic rings. The van der Waals surface area contributed by atoms with Gasteiger partial charge in [-0.1, -0.05) is 81.4 Å². The van der Waals surface area contributed by atoms with E-state index in [1.165, 1.54) is 17.7 Å². The fraction of sp³-hybridized carbons (Fsp3) is 0.0741. The number of phenols is 1. The molecule has 0 radical (unpaired) electrons. The Labute approximate surface area is 183 Å². The van der Waals surface area contributed by atoms with Gasteiger partial charge in [-0.3, -0.25) is 4.79 Å². The van der Waals surface area contributed by atoms with Gasteiger partial charge in [0.05, 0.1) is 0 Å². The van der Waals surface area contributed by atoms with Gasteiger partial charge in [-0.15, -0.1) is 0 Å². The Kier molecular flexibility index (Phi) is 6.54. The molecule has 0 bridgehead atoms. The molecule has 2 nitrogen and oxygen atoms in total. The monoisotopic (exact) mass is 428 g/mol. The van der Waals surface area contributed by atoms with Crippen molar-refractivity contribution in [1.29, 1.82) is 0 Å². The summed E-state index contributed by atoms with van der Waals surface area (Å²) in [6, 6.07) is 28.4. The van der Waals surface area contributed by atoms with Crippen molar-refractivity contribution in [2.45, 2.75) is 12.8 Å². The van der Waals surface area contributed by atoms with Gasteiger partial charge < -0.3 is 5.11 Å². The van der Waals surface area contributed by atoms with Crippen LogP contribution in [0.3, 0.4) is 0 Å². The highest BCUT2D eigenvalue weighted by Gasteiger charge is 2.14. The molecule has 1 atom stereocenters. The van der Waals surface area contributed by atoms with Gasteiger partial charge >= 0.3 is 0 Å². The van der Waals surface area contributed by atoms with Crippen molar-refractivity contribution in [3.05, 3.63) is 125 Å². The second-order valence-electron chi connectivity index (χ2n) is 7.45. The summed E-state index contributed by atoms with van der Waals surface area (Å²) in [5, 5.41) is 12.5. The van der Waals surface area contributed by atoms with E-state index in [1.807, 2.05) is 54.6 Å². The zero-order valence-corrected chi connectivity index (χ0v) is 17.9. The fourth-order valence-corrected chi connectivity index (χ4v) is 4.90. The summed E-state index contributed by atoms with van der Waals surface area (Å²) in [4.78, 5) is 11.4. The SMILES string of the molecule is O=Cc1cc(F)ccc1Pc1cc(Cc2ccccc2)cc(Cc2ccccc2)c1O. The zero-order valence-electron chi connectivity index (χ0n) is 16.9. The van der Waals surface area contributed by atoms with Gasteiger partial charge in [-0.25, -0.2) is 4.39 Å². The van der Waals surface area contributed by atoms with Crippen LogP contribution >= 0.6 is 8.58 Å². The molecule has 0 aromatic heterocycles. The van der Waals surface area contributed by atoms with Crippen molar-refractivity contribution in [2.24, 2.45) is 0 Å². The molecule has 0 spiro atoms. The van der Waals surface area contributed by atoms with Gasteiger partial charge in [-0.2, -0.15) is 0 Å². The normalized spacial score (nSPS) is 11.1. The number of rotatable bonds is 7. The molecule has 0 fully saturated rings. The van der Waals surface area contributed by atoms with Crippen LogP contribution in [0.1, 0.15) is 32.6 Å². The number of halogens is 1. The van der Waals surface area contributed by atoms with Gasteiger partial charge in [0.2, 0.25) is 0 Å². The van der Waals surface area contributed by atoms with E-state index in [2.05, 4.69) is 18.2 Å². The highest BCUT2D eigenvalue weighted by molar-refractivity contribution is 7.56. The Morgan fingerprint density at radius 3 is 2.03 bits per heavy atom. The number of hydrogen-bond donors (Lipinski definition) is 1. The molecule has 0 saturated carbocycles. The molecule has 4 aromatic carbocycles. The molecule has 0 aliphatic rings. The number of aldehydes is 1. The predicted molar refractivity (Wildman–Crippen MR) is 126 cm³/mol. The zero-order chi connectivity index (χ0) is 21.6. The molecule has 1 unspecified atom stereocenters. The van der Waals surface area contributed by atoms with E-state index in [-0.39, 0.29) is 14.3 Å². The quantitative estimate of drug-likeness (QED) is 0.326. The Bertz CT molecular complexity index is 1190. The smallest absolute Gasteiger partial charge is 0.150 e. The second kappa shape index (κ2) is 9.68. The van der Waals surface area contributed by atoms with E-state index < -0.39 is 5.82 Å². The first-order valence-electron chi connectivity index (χ1n) is 10.1. The molecular weight excluding hydrogens is 406 g/mol. The molecule has 0 aliphatic carbocycles. The predicted octanol–water partition coefficient (Wildman–Crippen LogP) is 5.15. The van der Waals surface area contributed by atoms with Crippen molar-refractivity contribution >= 4 is 25.5 Å². The topological polar surface area (TPSA) is 37.3 Å². The third kappa shape index (κ3) is 5.25. The Morgan fingerprint density at radius 2 is 1.39 bits per heavy atom. The maximum atomic E-state index is 13.6. The maximum Gasteiger partial charge on any atom is 0.150 e. The number of carbonyl (C=O) groups is 1. The summed E-state index contributed by atoms with van der Waals surface area (Å²) in [5.41, 5.74) is 4.54. The first-order valence-corrected chi connectivity index (χ1v) is 11.1. The molecule has 0 aliphatic heterocycles. The highest BCUT2D eigenvalue weighted by atomic mass is 31.1. The Hall–Kier alpha value is -3.29. The highest BCUT2D eigenvalue weighted by Crippen LogP contribution is 2.28.